The molecular weight excluding hydrogens is 240 g/mol. The first-order valence-electron chi connectivity index (χ1n) is 6.08. The molecule has 5 heteroatoms. The number of unbranched alkanes of at least 4 members (excludes halogenated alkanes) is 2. The van der Waals surface area contributed by atoms with E-state index in [1.54, 1.807) is 0 Å². The van der Waals surface area contributed by atoms with Crippen LogP contribution in [0.1, 0.15) is 39.5 Å². The van der Waals surface area contributed by atoms with Crippen LogP contribution in [0.25, 0.3) is 0 Å². The molecule has 0 amide bonds. The molecule has 0 saturated heterocycles. The number of ether oxygens (including phenoxy) is 2. The van der Waals surface area contributed by atoms with E-state index in [0.717, 1.165) is 26.1 Å². The third-order valence-electron chi connectivity index (χ3n) is 2.13. The van der Waals surface area contributed by atoms with Crippen molar-refractivity contribution >= 4 is 39.9 Å². The van der Waals surface area contributed by atoms with Crippen molar-refractivity contribution in [2.75, 3.05) is 13.2 Å². The molecule has 0 rings (SSSR count). The van der Waals surface area contributed by atoms with Crippen molar-refractivity contribution in [3.05, 3.63) is 0 Å². The fraction of sp³-hybridized carbons (Fsp3) is 1.00. The largest absolute Gasteiger partial charge is 0.358 e. The van der Waals surface area contributed by atoms with Gasteiger partial charge < -0.3 is 9.47 Å². The molecule has 0 heterocycles. The van der Waals surface area contributed by atoms with Gasteiger partial charge in [-0.3, -0.25) is 0 Å². The summed E-state index contributed by atoms with van der Waals surface area (Å²) in [5.41, 5.74) is 0. The lowest BCUT2D eigenvalue weighted by molar-refractivity contribution is -0.131. The van der Waals surface area contributed by atoms with Gasteiger partial charge in [-0.25, -0.2) is 0 Å². The molecule has 0 saturated carbocycles. The Morgan fingerprint density at radius 3 is 1.87 bits per heavy atom. The topological polar surface area (TPSA) is 18.5 Å². The van der Waals surface area contributed by atoms with Crippen LogP contribution in [0, 0.1) is 0 Å². The van der Waals surface area contributed by atoms with Gasteiger partial charge in [0.1, 0.15) is 6.29 Å². The summed E-state index contributed by atoms with van der Waals surface area (Å²) in [5, 5.41) is 0. The Morgan fingerprint density at radius 1 is 1.07 bits per heavy atom. The zero-order chi connectivity index (χ0) is 10.6. The van der Waals surface area contributed by atoms with Crippen LogP contribution < -0.4 is 0 Å². The Bertz CT molecular complexity index is 110. The molecule has 0 radical (unpaired) electrons. The summed E-state index contributed by atoms with van der Waals surface area (Å²) in [6, 6.07) is 0. The molecule has 0 N–H and O–H groups in total. The standard InChI is InChI=1S/C10H21O2.ClH.Mg.H3Si/c1-4-6-8-11-10(3)12-9-7-5-2;;;/h10H,3-9H2,1-2H3;1H;;1H3. The van der Waals surface area contributed by atoms with Crippen LogP contribution in [0.3, 0.4) is 0 Å². The summed E-state index contributed by atoms with van der Waals surface area (Å²) in [6.07, 6.45) is 4.88. The van der Waals surface area contributed by atoms with E-state index in [0.29, 0.717) is 0 Å². The Kier molecular flexibility index (Phi) is 18.8. The SMILES string of the molecule is CCCCOC([CH2][Mg][SiH3])OCCCC.Cl. The molecule has 15 heavy (non-hydrogen) atoms. The lowest BCUT2D eigenvalue weighted by atomic mass is 10.4. The van der Waals surface area contributed by atoms with Crippen LogP contribution in [0.5, 0.6) is 0 Å². The fourth-order valence-electron chi connectivity index (χ4n) is 1.17. The zero-order valence-electron chi connectivity index (χ0n) is 10.5. The maximum atomic E-state index is 5.70. The van der Waals surface area contributed by atoms with E-state index in [4.69, 9.17) is 9.47 Å². The third-order valence-corrected chi connectivity index (χ3v) is 4.91. The van der Waals surface area contributed by atoms with Crippen LogP contribution in [0.2, 0.25) is 4.55 Å². The highest BCUT2D eigenvalue weighted by molar-refractivity contribution is 6.89. The van der Waals surface area contributed by atoms with Crippen LogP contribution in [-0.4, -0.2) is 47.0 Å². The smallest absolute Gasteiger partial charge is 0.355 e. The molecule has 0 aliphatic heterocycles. The summed E-state index contributed by atoms with van der Waals surface area (Å²) >= 11 is 0.187. The minimum atomic E-state index is 0. The van der Waals surface area contributed by atoms with Crippen molar-refractivity contribution in [3.8, 4) is 0 Å². The molecule has 0 spiro atoms. The Hall–Kier alpha value is 1.19. The van der Waals surface area contributed by atoms with E-state index < -0.39 is 0 Å². The molecule has 0 aromatic rings. The molecule has 0 bridgehead atoms. The number of hydrogen-bond donors (Lipinski definition) is 0. The molecule has 0 fully saturated rings. The number of hydrogen-bond acceptors (Lipinski definition) is 2. The van der Waals surface area contributed by atoms with Gasteiger partial charge in [-0.2, -0.15) is 0 Å². The van der Waals surface area contributed by atoms with Gasteiger partial charge in [0.25, 0.3) is 0 Å². The molecule has 0 atom stereocenters. The van der Waals surface area contributed by atoms with Gasteiger partial charge in [-0.15, -0.1) is 24.8 Å². The fourth-order valence-corrected chi connectivity index (χ4v) is 3.39. The predicted octanol–water partition coefficient (Wildman–Crippen LogP) is 1.77. The predicted molar refractivity (Wildman–Crippen MR) is 73.3 cm³/mol. The lowest BCUT2D eigenvalue weighted by Crippen LogP contribution is -2.20. The maximum absolute atomic E-state index is 5.70. The normalized spacial score (nSPS) is 10.1. The Labute approximate surface area is 113 Å². The minimum absolute atomic E-state index is 0. The Balaban J connectivity index is 0. The highest BCUT2D eigenvalue weighted by Crippen LogP contribution is 2.04. The van der Waals surface area contributed by atoms with E-state index in [2.05, 4.69) is 13.8 Å². The molecule has 0 unspecified atom stereocenters. The molecule has 0 aromatic heterocycles. The molecular formula is C10H25ClMgO2Si. The maximum Gasteiger partial charge on any atom is 0.358 e. The van der Waals surface area contributed by atoms with Gasteiger partial charge in [0.15, 0.2) is 0 Å². The van der Waals surface area contributed by atoms with E-state index in [1.165, 1.54) is 25.3 Å². The van der Waals surface area contributed by atoms with E-state index in [9.17, 15) is 0 Å². The molecule has 0 aliphatic rings. The van der Waals surface area contributed by atoms with Crippen LogP contribution in [0.4, 0.5) is 0 Å². The van der Waals surface area contributed by atoms with Crippen molar-refractivity contribution in [1.29, 1.82) is 0 Å². The van der Waals surface area contributed by atoms with Crippen LogP contribution in [0.15, 0.2) is 0 Å². The first-order chi connectivity index (χ1) is 6.85. The summed E-state index contributed by atoms with van der Waals surface area (Å²) < 4.78 is 12.6. The van der Waals surface area contributed by atoms with E-state index >= 15 is 0 Å². The monoisotopic (exact) mass is 264 g/mol. The van der Waals surface area contributed by atoms with Crippen molar-refractivity contribution in [3.63, 3.8) is 0 Å². The number of halogens is 1. The van der Waals surface area contributed by atoms with Crippen molar-refractivity contribution < 1.29 is 9.47 Å². The van der Waals surface area contributed by atoms with Gasteiger partial charge in [0, 0.05) is 13.2 Å². The highest BCUT2D eigenvalue weighted by Gasteiger charge is 2.07. The quantitative estimate of drug-likeness (QED) is 0.340. The van der Waals surface area contributed by atoms with Gasteiger partial charge in [-0.1, -0.05) is 26.7 Å². The van der Waals surface area contributed by atoms with Crippen molar-refractivity contribution in [2.24, 2.45) is 0 Å². The summed E-state index contributed by atoms with van der Waals surface area (Å²) in [6.45, 7) is 6.14. The van der Waals surface area contributed by atoms with Gasteiger partial charge in [0.05, 0.1) is 0 Å². The van der Waals surface area contributed by atoms with Gasteiger partial charge in [-0.05, 0) is 12.8 Å². The van der Waals surface area contributed by atoms with Crippen molar-refractivity contribution in [1.82, 2.24) is 0 Å². The van der Waals surface area contributed by atoms with Gasteiger partial charge in [0.2, 0.25) is 0 Å². The molecule has 0 aromatic carbocycles. The first kappa shape index (κ1) is 18.6. The second kappa shape index (κ2) is 15.2. The third kappa shape index (κ3) is 13.1. The molecule has 90 valence electrons. The van der Waals surface area contributed by atoms with Gasteiger partial charge >= 0.3 is 19.6 Å². The molecule has 0 aliphatic carbocycles. The summed E-state index contributed by atoms with van der Waals surface area (Å²) in [5.74, 6) is 0. The average molecular weight is 265 g/mol. The average Bonchev–Trinajstić information content (AvgIpc) is 2.18. The van der Waals surface area contributed by atoms with E-state index in [-0.39, 0.29) is 38.3 Å². The summed E-state index contributed by atoms with van der Waals surface area (Å²) in [4.78, 5) is 0. The summed E-state index contributed by atoms with van der Waals surface area (Å²) in [7, 11) is 1.38. The number of rotatable bonds is 10. The van der Waals surface area contributed by atoms with Crippen LogP contribution >= 0.6 is 12.4 Å². The lowest BCUT2D eigenvalue weighted by Gasteiger charge is -2.18. The van der Waals surface area contributed by atoms with Crippen LogP contribution in [-0.2, 0) is 9.47 Å². The second-order valence-corrected chi connectivity index (χ2v) is 8.24. The van der Waals surface area contributed by atoms with Crippen molar-refractivity contribution in [2.45, 2.75) is 50.4 Å². The minimum Gasteiger partial charge on any atom is -0.355 e. The second-order valence-electron chi connectivity index (χ2n) is 3.67. The zero-order valence-corrected chi connectivity index (χ0v) is 14.7. The first-order valence-corrected chi connectivity index (χ1v) is 12.7. The molecule has 2 nitrogen and oxygen atoms in total. The van der Waals surface area contributed by atoms with E-state index in [1.807, 2.05) is 0 Å². The Morgan fingerprint density at radius 2 is 1.53 bits per heavy atom. The highest BCUT2D eigenvalue weighted by atomic mass is 35.5.